The molecular formula is C20H23ClN2O4S. The number of ether oxygens (including phenoxy) is 4. The van der Waals surface area contributed by atoms with Crippen molar-refractivity contribution in [1.82, 2.24) is 4.98 Å². The molecular weight excluding hydrogens is 400 g/mol. The van der Waals surface area contributed by atoms with Crippen LogP contribution in [-0.2, 0) is 18.9 Å². The molecule has 2 N–H and O–H groups in total. The summed E-state index contributed by atoms with van der Waals surface area (Å²) in [6, 6.07) is 11.3. The Morgan fingerprint density at radius 1 is 1.25 bits per heavy atom. The Labute approximate surface area is 173 Å². The van der Waals surface area contributed by atoms with Crippen LogP contribution in [0, 0.1) is 6.92 Å². The Hall–Kier alpha value is -1.19. The number of thioether (sulfide) groups is 1. The summed E-state index contributed by atoms with van der Waals surface area (Å²) >= 11 is 7.62. The summed E-state index contributed by atoms with van der Waals surface area (Å²) in [6.07, 6.45) is 0.230. The molecule has 1 aromatic heterocycles. The van der Waals surface area contributed by atoms with Crippen LogP contribution < -0.4 is 5.73 Å². The van der Waals surface area contributed by atoms with Crippen LogP contribution in [0.5, 0.6) is 0 Å². The molecule has 0 radical (unpaired) electrons. The van der Waals surface area contributed by atoms with E-state index >= 15 is 0 Å². The van der Waals surface area contributed by atoms with Crippen molar-refractivity contribution in [3.8, 4) is 0 Å². The molecule has 2 aromatic rings. The van der Waals surface area contributed by atoms with Crippen LogP contribution in [0.2, 0.25) is 5.02 Å². The molecule has 8 heteroatoms. The number of rotatable bonds is 4. The first kappa shape index (κ1) is 20.1. The first-order chi connectivity index (χ1) is 13.6. The Morgan fingerprint density at radius 2 is 2.04 bits per heavy atom. The fourth-order valence-electron chi connectivity index (χ4n) is 3.50. The van der Waals surface area contributed by atoms with Gasteiger partial charge in [-0.05, 0) is 13.0 Å². The Kier molecular flexibility index (Phi) is 6.22. The zero-order valence-corrected chi connectivity index (χ0v) is 17.2. The fraction of sp³-hybridized carbons (Fsp3) is 0.450. The quantitative estimate of drug-likeness (QED) is 0.809. The maximum atomic E-state index is 6.56. The third-order valence-electron chi connectivity index (χ3n) is 4.99. The van der Waals surface area contributed by atoms with Gasteiger partial charge in [0.05, 0.1) is 23.4 Å². The van der Waals surface area contributed by atoms with E-state index in [1.807, 2.05) is 43.3 Å². The Bertz CT molecular complexity index is 812. The van der Waals surface area contributed by atoms with Crippen LogP contribution in [0.3, 0.4) is 0 Å². The molecule has 28 heavy (non-hydrogen) atoms. The van der Waals surface area contributed by atoms with Crippen molar-refractivity contribution in [1.29, 1.82) is 0 Å². The van der Waals surface area contributed by atoms with Crippen molar-refractivity contribution in [3.05, 3.63) is 58.9 Å². The molecule has 0 amide bonds. The number of aryl methyl sites for hydroxylation is 1. The number of fused-ring (bicyclic) bond motifs is 1. The maximum Gasteiger partial charge on any atom is 0.184 e. The van der Waals surface area contributed by atoms with Gasteiger partial charge in [0.1, 0.15) is 23.7 Å². The number of nitrogens with zero attached hydrogens (tertiary/aromatic N) is 1. The first-order valence-corrected chi connectivity index (χ1v) is 10.4. The molecule has 6 atom stereocenters. The monoisotopic (exact) mass is 422 g/mol. The van der Waals surface area contributed by atoms with E-state index in [0.29, 0.717) is 11.6 Å². The zero-order valence-electron chi connectivity index (χ0n) is 15.7. The molecule has 2 fully saturated rings. The van der Waals surface area contributed by atoms with Gasteiger partial charge in [-0.1, -0.05) is 53.7 Å². The lowest BCUT2D eigenvalue weighted by Gasteiger charge is -2.48. The van der Waals surface area contributed by atoms with Gasteiger partial charge in [-0.3, -0.25) is 4.98 Å². The van der Waals surface area contributed by atoms with Crippen molar-refractivity contribution in [2.24, 2.45) is 5.73 Å². The predicted octanol–water partition coefficient (Wildman–Crippen LogP) is 3.32. The summed E-state index contributed by atoms with van der Waals surface area (Å²) in [5, 5.41) is 0.579. The molecule has 150 valence electrons. The first-order valence-electron chi connectivity index (χ1n) is 9.11. The van der Waals surface area contributed by atoms with E-state index in [1.165, 1.54) is 11.8 Å². The SMILES string of the molecule is COC1C(Sc2cc(Cl)cnc2C)OC2COC(c3ccccc3)OC2C1N. The highest BCUT2D eigenvalue weighted by Gasteiger charge is 2.49. The predicted molar refractivity (Wildman–Crippen MR) is 107 cm³/mol. The van der Waals surface area contributed by atoms with Gasteiger partial charge in [0, 0.05) is 23.8 Å². The van der Waals surface area contributed by atoms with Gasteiger partial charge in [-0.15, -0.1) is 0 Å². The Balaban J connectivity index is 1.51. The number of nitrogens with two attached hydrogens (primary N) is 1. The minimum atomic E-state index is -0.460. The smallest absolute Gasteiger partial charge is 0.184 e. The molecule has 0 aliphatic carbocycles. The average Bonchev–Trinajstić information content (AvgIpc) is 2.71. The van der Waals surface area contributed by atoms with E-state index in [-0.39, 0.29) is 29.8 Å². The van der Waals surface area contributed by atoms with E-state index in [2.05, 4.69) is 4.98 Å². The van der Waals surface area contributed by atoms with Gasteiger partial charge in [-0.25, -0.2) is 0 Å². The van der Waals surface area contributed by atoms with Crippen molar-refractivity contribution < 1.29 is 18.9 Å². The van der Waals surface area contributed by atoms with Crippen LogP contribution in [-0.4, -0.2) is 48.5 Å². The van der Waals surface area contributed by atoms with Gasteiger partial charge in [0.2, 0.25) is 0 Å². The topological polar surface area (TPSA) is 75.8 Å². The van der Waals surface area contributed by atoms with E-state index in [4.69, 9.17) is 36.3 Å². The Morgan fingerprint density at radius 3 is 2.79 bits per heavy atom. The van der Waals surface area contributed by atoms with Crippen molar-refractivity contribution in [2.45, 2.75) is 47.9 Å². The molecule has 0 saturated carbocycles. The summed E-state index contributed by atoms with van der Waals surface area (Å²) < 4.78 is 24.1. The molecule has 4 rings (SSSR count). The highest BCUT2D eigenvalue weighted by atomic mass is 35.5. The second kappa shape index (κ2) is 8.67. The summed E-state index contributed by atoms with van der Waals surface area (Å²) in [5.74, 6) is 0. The minimum absolute atomic E-state index is 0.272. The summed E-state index contributed by atoms with van der Waals surface area (Å²) in [6.45, 7) is 2.33. The lowest BCUT2D eigenvalue weighted by atomic mass is 9.97. The molecule has 2 aliphatic rings. The number of benzene rings is 1. The van der Waals surface area contributed by atoms with Gasteiger partial charge < -0.3 is 24.7 Å². The standard InChI is InChI=1S/C20H23ClN2O4S/c1-11-15(8-13(21)9-23-11)28-20-18(24-2)16(22)17-14(26-20)10-25-19(27-17)12-6-4-3-5-7-12/h3-9,14,16-20H,10,22H2,1-2H3. The molecule has 2 aliphatic heterocycles. The molecule has 6 nitrogen and oxygen atoms in total. The van der Waals surface area contributed by atoms with Crippen LogP contribution >= 0.6 is 23.4 Å². The fourth-order valence-corrected chi connectivity index (χ4v) is 5.02. The lowest BCUT2D eigenvalue weighted by Crippen LogP contribution is -2.64. The summed E-state index contributed by atoms with van der Waals surface area (Å²) in [7, 11) is 1.64. The van der Waals surface area contributed by atoms with Crippen LogP contribution in [0.25, 0.3) is 0 Å². The number of aromatic nitrogens is 1. The van der Waals surface area contributed by atoms with Gasteiger partial charge in [0.25, 0.3) is 0 Å². The van der Waals surface area contributed by atoms with Crippen molar-refractivity contribution in [2.75, 3.05) is 13.7 Å². The molecule has 1 aromatic carbocycles. The molecule has 3 heterocycles. The molecule has 2 saturated heterocycles. The lowest BCUT2D eigenvalue weighted by molar-refractivity contribution is -0.298. The number of hydrogen-bond acceptors (Lipinski definition) is 7. The van der Waals surface area contributed by atoms with Gasteiger partial charge in [0.15, 0.2) is 6.29 Å². The van der Waals surface area contributed by atoms with Crippen LogP contribution in [0.15, 0.2) is 47.5 Å². The average molecular weight is 423 g/mol. The van der Waals surface area contributed by atoms with Gasteiger partial charge in [-0.2, -0.15) is 0 Å². The molecule has 6 unspecified atom stereocenters. The third-order valence-corrected chi connectivity index (χ3v) is 6.47. The van der Waals surface area contributed by atoms with E-state index < -0.39 is 6.29 Å². The van der Waals surface area contributed by atoms with Crippen molar-refractivity contribution in [3.63, 3.8) is 0 Å². The van der Waals surface area contributed by atoms with Crippen LogP contribution in [0.4, 0.5) is 0 Å². The number of halogens is 1. The normalized spacial score (nSPS) is 32.7. The number of pyridine rings is 1. The molecule has 0 bridgehead atoms. The molecule has 0 spiro atoms. The largest absolute Gasteiger partial charge is 0.376 e. The van der Waals surface area contributed by atoms with E-state index in [9.17, 15) is 0 Å². The van der Waals surface area contributed by atoms with E-state index in [0.717, 1.165) is 16.2 Å². The number of hydrogen-bond donors (Lipinski definition) is 1. The maximum absolute atomic E-state index is 6.56. The second-order valence-electron chi connectivity index (χ2n) is 6.85. The third kappa shape index (κ3) is 4.07. The van der Waals surface area contributed by atoms with Crippen molar-refractivity contribution >= 4 is 23.4 Å². The zero-order chi connectivity index (χ0) is 19.7. The summed E-state index contributed by atoms with van der Waals surface area (Å²) in [5.41, 5.74) is 8.07. The minimum Gasteiger partial charge on any atom is -0.376 e. The second-order valence-corrected chi connectivity index (χ2v) is 8.43. The summed E-state index contributed by atoms with van der Waals surface area (Å²) in [4.78, 5) is 5.24. The highest BCUT2D eigenvalue weighted by molar-refractivity contribution is 7.99. The van der Waals surface area contributed by atoms with Crippen LogP contribution in [0.1, 0.15) is 17.5 Å². The van der Waals surface area contributed by atoms with E-state index in [1.54, 1.807) is 13.3 Å². The van der Waals surface area contributed by atoms with Gasteiger partial charge >= 0.3 is 0 Å². The number of methoxy groups -OCH3 is 1. The highest BCUT2D eigenvalue weighted by Crippen LogP contribution is 2.40.